The minimum atomic E-state index is -0.472. The Balaban J connectivity index is 0.00000364. The van der Waals surface area contributed by atoms with Crippen molar-refractivity contribution in [2.45, 2.75) is 52.6 Å². The van der Waals surface area contributed by atoms with E-state index in [9.17, 15) is 4.79 Å². The second kappa shape index (κ2) is 10.4. The molecule has 0 radical (unpaired) electrons. The molecule has 1 aromatic heterocycles. The molecule has 0 atom stereocenters. The number of hydrogen-bond acceptors (Lipinski definition) is 5. The second-order valence-electron chi connectivity index (χ2n) is 7.78. The van der Waals surface area contributed by atoms with Gasteiger partial charge in [-0.15, -0.1) is 35.3 Å². The molecule has 0 unspecified atom stereocenters. The molecule has 1 aliphatic rings. The predicted octanol–water partition coefficient (Wildman–Crippen LogP) is 3.29. The van der Waals surface area contributed by atoms with Crippen LogP contribution in [0.15, 0.2) is 10.4 Å². The first-order valence-electron chi connectivity index (χ1n) is 9.13. The van der Waals surface area contributed by atoms with Crippen LogP contribution in [-0.2, 0) is 11.2 Å². The van der Waals surface area contributed by atoms with Gasteiger partial charge in [-0.05, 0) is 20.8 Å². The molecule has 9 heteroatoms. The van der Waals surface area contributed by atoms with Gasteiger partial charge in [0.1, 0.15) is 5.60 Å². The van der Waals surface area contributed by atoms with Gasteiger partial charge in [0, 0.05) is 50.4 Å². The Kier molecular flexibility index (Phi) is 9.26. The van der Waals surface area contributed by atoms with Gasteiger partial charge in [-0.2, -0.15) is 0 Å². The molecule has 1 aliphatic heterocycles. The fourth-order valence-corrected chi connectivity index (χ4v) is 3.40. The molecule has 1 saturated heterocycles. The van der Waals surface area contributed by atoms with Gasteiger partial charge in [-0.1, -0.05) is 13.8 Å². The molecule has 0 saturated carbocycles. The molecule has 27 heavy (non-hydrogen) atoms. The zero-order valence-corrected chi connectivity index (χ0v) is 20.0. The van der Waals surface area contributed by atoms with Gasteiger partial charge in [-0.3, -0.25) is 4.99 Å². The minimum Gasteiger partial charge on any atom is -0.444 e. The Morgan fingerprint density at radius 2 is 1.89 bits per heavy atom. The van der Waals surface area contributed by atoms with Gasteiger partial charge >= 0.3 is 6.09 Å². The van der Waals surface area contributed by atoms with Crippen LogP contribution in [0.1, 0.15) is 51.2 Å². The van der Waals surface area contributed by atoms with Gasteiger partial charge in [0.05, 0.1) is 10.7 Å². The van der Waals surface area contributed by atoms with E-state index in [0.717, 1.165) is 17.1 Å². The minimum absolute atomic E-state index is 0. The van der Waals surface area contributed by atoms with E-state index in [1.54, 1.807) is 16.2 Å². The number of aromatic nitrogens is 1. The molecule has 0 spiro atoms. The summed E-state index contributed by atoms with van der Waals surface area (Å²) in [6.45, 7) is 13.1. The van der Waals surface area contributed by atoms with Crippen LogP contribution in [-0.4, -0.2) is 65.2 Å². The van der Waals surface area contributed by atoms with E-state index < -0.39 is 5.60 Å². The Morgan fingerprint density at radius 3 is 2.41 bits per heavy atom. The van der Waals surface area contributed by atoms with Gasteiger partial charge in [0.25, 0.3) is 0 Å². The normalized spacial score (nSPS) is 15.7. The topological polar surface area (TPSA) is 84.0 Å². The first-order chi connectivity index (χ1) is 12.2. The van der Waals surface area contributed by atoms with Gasteiger partial charge in [0.15, 0.2) is 5.96 Å². The van der Waals surface area contributed by atoms with Crippen LogP contribution in [0.25, 0.3) is 0 Å². The number of halogens is 1. The average molecular weight is 509 g/mol. The standard InChI is InChI=1S/C18H31N5O2S.HI/c1-13(2)15-21-14(12-26-15)6-7-20-16(19)22-8-10-23(11-9-22)17(24)25-18(3,4)5;/h12-13H,6-11H2,1-5H3,(H2,19,20);1H. The number of guanidine groups is 1. The first-order valence-corrected chi connectivity index (χ1v) is 10.0. The summed E-state index contributed by atoms with van der Waals surface area (Å²) in [5, 5.41) is 3.26. The fraction of sp³-hybridized carbons (Fsp3) is 0.722. The lowest BCUT2D eigenvalue weighted by Gasteiger charge is -2.36. The molecular weight excluding hydrogens is 477 g/mol. The highest BCUT2D eigenvalue weighted by Gasteiger charge is 2.26. The number of nitrogens with two attached hydrogens (primary N) is 1. The Labute approximate surface area is 183 Å². The van der Waals surface area contributed by atoms with Crippen molar-refractivity contribution >= 4 is 47.4 Å². The highest BCUT2D eigenvalue weighted by molar-refractivity contribution is 14.0. The van der Waals surface area contributed by atoms with Crippen molar-refractivity contribution in [3.63, 3.8) is 0 Å². The molecule has 0 bridgehead atoms. The van der Waals surface area contributed by atoms with Crippen LogP contribution >= 0.6 is 35.3 Å². The number of ether oxygens (including phenoxy) is 1. The summed E-state index contributed by atoms with van der Waals surface area (Å²) in [5.41, 5.74) is 6.71. The Morgan fingerprint density at radius 1 is 1.30 bits per heavy atom. The second-order valence-corrected chi connectivity index (χ2v) is 8.67. The highest BCUT2D eigenvalue weighted by Crippen LogP contribution is 2.19. The Bertz CT molecular complexity index is 634. The first kappa shape index (κ1) is 23.9. The van der Waals surface area contributed by atoms with Crippen LogP contribution in [0.3, 0.4) is 0 Å². The molecule has 0 aromatic carbocycles. The van der Waals surface area contributed by atoms with Gasteiger partial charge in [0.2, 0.25) is 0 Å². The lowest BCUT2D eigenvalue weighted by atomic mass is 10.2. The number of carbonyl (C=O) groups is 1. The summed E-state index contributed by atoms with van der Waals surface area (Å²) < 4.78 is 5.41. The van der Waals surface area contributed by atoms with Crippen LogP contribution in [0.2, 0.25) is 0 Å². The molecular formula is C18H32IN5O2S. The third-order valence-electron chi connectivity index (χ3n) is 3.96. The van der Waals surface area contributed by atoms with Crippen molar-refractivity contribution in [2.24, 2.45) is 10.7 Å². The maximum atomic E-state index is 12.1. The maximum absolute atomic E-state index is 12.1. The van der Waals surface area contributed by atoms with Crippen molar-refractivity contribution < 1.29 is 9.53 Å². The quantitative estimate of drug-likeness (QED) is 0.383. The third kappa shape index (κ3) is 7.81. The average Bonchev–Trinajstić information content (AvgIpc) is 3.02. The molecule has 154 valence electrons. The fourth-order valence-electron chi connectivity index (χ4n) is 2.53. The lowest BCUT2D eigenvalue weighted by Crippen LogP contribution is -2.53. The summed E-state index contributed by atoms with van der Waals surface area (Å²) >= 11 is 1.70. The molecule has 2 heterocycles. The van der Waals surface area contributed by atoms with Crippen molar-refractivity contribution in [1.29, 1.82) is 0 Å². The van der Waals surface area contributed by atoms with Crippen LogP contribution in [0.5, 0.6) is 0 Å². The predicted molar refractivity (Wildman–Crippen MR) is 121 cm³/mol. The van der Waals surface area contributed by atoms with Crippen molar-refractivity contribution in [3.05, 3.63) is 16.1 Å². The third-order valence-corrected chi connectivity index (χ3v) is 5.15. The largest absolute Gasteiger partial charge is 0.444 e. The molecule has 2 rings (SSSR count). The summed E-state index contributed by atoms with van der Waals surface area (Å²) in [5.74, 6) is 0.997. The van der Waals surface area contributed by atoms with Gasteiger partial charge in [-0.25, -0.2) is 9.78 Å². The number of carbonyl (C=O) groups excluding carboxylic acids is 1. The molecule has 7 nitrogen and oxygen atoms in total. The zero-order chi connectivity index (χ0) is 19.3. The van der Waals surface area contributed by atoms with Crippen LogP contribution < -0.4 is 5.73 Å². The Hall–Kier alpha value is -1.10. The number of aliphatic imine (C=N–C) groups is 1. The molecule has 0 aliphatic carbocycles. The maximum Gasteiger partial charge on any atom is 0.410 e. The van der Waals surface area contributed by atoms with E-state index >= 15 is 0 Å². The van der Waals surface area contributed by atoms with E-state index in [1.165, 1.54) is 0 Å². The van der Waals surface area contributed by atoms with E-state index in [1.807, 2.05) is 25.7 Å². The van der Waals surface area contributed by atoms with E-state index in [0.29, 0.717) is 44.6 Å². The SMILES string of the molecule is CC(C)c1nc(CCN=C(N)N2CCN(C(=O)OC(C)(C)C)CC2)cs1.I. The number of thiazole rings is 1. The van der Waals surface area contributed by atoms with Crippen molar-refractivity contribution in [1.82, 2.24) is 14.8 Å². The molecule has 1 aromatic rings. The number of rotatable bonds is 4. The van der Waals surface area contributed by atoms with Crippen LogP contribution in [0, 0.1) is 0 Å². The summed E-state index contributed by atoms with van der Waals surface area (Å²) in [7, 11) is 0. The van der Waals surface area contributed by atoms with Crippen LogP contribution in [0.4, 0.5) is 4.79 Å². The van der Waals surface area contributed by atoms with Crippen molar-refractivity contribution in [3.8, 4) is 0 Å². The highest BCUT2D eigenvalue weighted by atomic mass is 127. The van der Waals surface area contributed by atoms with E-state index in [4.69, 9.17) is 10.5 Å². The smallest absolute Gasteiger partial charge is 0.410 e. The van der Waals surface area contributed by atoms with Gasteiger partial charge < -0.3 is 20.3 Å². The molecule has 1 fully saturated rings. The van der Waals surface area contributed by atoms with E-state index in [-0.39, 0.29) is 30.1 Å². The number of hydrogen-bond donors (Lipinski definition) is 1. The number of nitrogens with zero attached hydrogens (tertiary/aromatic N) is 4. The number of piperazine rings is 1. The lowest BCUT2D eigenvalue weighted by molar-refractivity contribution is 0.0186. The van der Waals surface area contributed by atoms with E-state index in [2.05, 4.69) is 29.2 Å². The summed E-state index contributed by atoms with van der Waals surface area (Å²) in [4.78, 5) is 24.9. The molecule has 2 N–H and O–H groups in total. The number of amides is 1. The summed E-state index contributed by atoms with van der Waals surface area (Å²) in [6.07, 6.45) is 0.527. The zero-order valence-electron chi connectivity index (χ0n) is 16.9. The molecule has 1 amide bonds. The summed E-state index contributed by atoms with van der Waals surface area (Å²) in [6, 6.07) is 0. The monoisotopic (exact) mass is 509 g/mol. The van der Waals surface area contributed by atoms with Crippen molar-refractivity contribution in [2.75, 3.05) is 32.7 Å².